The second-order valence-corrected chi connectivity index (χ2v) is 12.3. The zero-order chi connectivity index (χ0) is 24.9. The lowest BCUT2D eigenvalue weighted by Gasteiger charge is -2.34. The van der Waals surface area contributed by atoms with Crippen LogP contribution in [0.3, 0.4) is 0 Å². The van der Waals surface area contributed by atoms with E-state index in [1.165, 1.54) is 10.4 Å². The van der Waals surface area contributed by atoms with E-state index in [-0.39, 0.29) is 0 Å². The maximum Gasteiger partial charge on any atom is 0.229 e. The Labute approximate surface area is 217 Å². The minimum atomic E-state index is -3.10. The topological polar surface area (TPSA) is 51.6 Å². The van der Waals surface area contributed by atoms with Crippen molar-refractivity contribution >= 4 is 29.1 Å². The summed E-state index contributed by atoms with van der Waals surface area (Å²) < 4.78 is 0. The van der Waals surface area contributed by atoms with E-state index in [9.17, 15) is 0 Å². The molecule has 2 aromatic heterocycles. The van der Waals surface area contributed by atoms with E-state index in [1.54, 1.807) is 24.8 Å². The molecule has 0 aliphatic carbocycles. The molecule has 0 fully saturated rings. The van der Waals surface area contributed by atoms with Gasteiger partial charge in [-0.1, -0.05) is 121 Å². The second kappa shape index (κ2) is 10.1. The quantitative estimate of drug-likeness (QED) is 0.330. The van der Waals surface area contributed by atoms with Crippen LogP contribution in [-0.4, -0.2) is 28.0 Å². The third-order valence-corrected chi connectivity index (χ3v) is 11.2. The predicted molar refractivity (Wildman–Crippen MR) is 152 cm³/mol. The third-order valence-electron chi connectivity index (χ3n) is 6.61. The van der Waals surface area contributed by atoms with Gasteiger partial charge >= 0.3 is 0 Å². The fourth-order valence-corrected chi connectivity index (χ4v) is 9.74. The molecule has 0 aliphatic heterocycles. The average Bonchev–Trinajstić information content (AvgIpc) is 3.00. The first-order valence-corrected chi connectivity index (χ1v) is 14.2. The maximum atomic E-state index is 5.12. The van der Waals surface area contributed by atoms with Crippen molar-refractivity contribution in [1.82, 2.24) is 19.9 Å². The molecular formula is C32H24N4Si. The van der Waals surface area contributed by atoms with E-state index in [1.807, 2.05) is 36.4 Å². The van der Waals surface area contributed by atoms with Crippen LogP contribution in [0, 0.1) is 0 Å². The fourth-order valence-electron chi connectivity index (χ4n) is 5.04. The number of rotatable bonds is 6. The highest BCUT2D eigenvalue weighted by Crippen LogP contribution is 2.21. The van der Waals surface area contributed by atoms with Crippen molar-refractivity contribution in [2.24, 2.45) is 0 Å². The highest BCUT2D eigenvalue weighted by atomic mass is 28.3. The molecular weight excluding hydrogens is 468 g/mol. The molecule has 0 bridgehead atoms. The molecule has 0 saturated heterocycles. The second-order valence-electron chi connectivity index (χ2n) is 8.72. The molecule has 6 rings (SSSR count). The molecule has 5 heteroatoms. The predicted octanol–water partition coefficient (Wildman–Crippen LogP) is 3.98. The van der Waals surface area contributed by atoms with Crippen LogP contribution in [0.25, 0.3) is 22.5 Å². The summed E-state index contributed by atoms with van der Waals surface area (Å²) in [6.45, 7) is 0. The van der Waals surface area contributed by atoms with Crippen LogP contribution in [-0.2, 0) is 0 Å². The van der Waals surface area contributed by atoms with Gasteiger partial charge in [0.25, 0.3) is 0 Å². The van der Waals surface area contributed by atoms with Crippen LogP contribution in [0.15, 0.2) is 146 Å². The first-order chi connectivity index (χ1) is 18.4. The van der Waals surface area contributed by atoms with Crippen LogP contribution in [0.2, 0.25) is 0 Å². The molecule has 0 saturated carbocycles. The zero-order valence-electron chi connectivity index (χ0n) is 20.1. The number of aromatic nitrogens is 4. The van der Waals surface area contributed by atoms with Crippen molar-refractivity contribution in [1.29, 1.82) is 0 Å². The molecule has 6 aromatic rings. The number of benzene rings is 4. The van der Waals surface area contributed by atoms with Gasteiger partial charge in [0.2, 0.25) is 8.07 Å². The van der Waals surface area contributed by atoms with E-state index in [0.717, 1.165) is 33.1 Å². The summed E-state index contributed by atoms with van der Waals surface area (Å²) in [6.07, 6.45) is 7.15. The lowest BCUT2D eigenvalue weighted by atomic mass is 10.2. The smallest absolute Gasteiger partial charge is 0.229 e. The number of hydrogen-bond donors (Lipinski definition) is 0. The Balaban J connectivity index is 1.80. The van der Waals surface area contributed by atoms with Gasteiger partial charge in [-0.25, -0.2) is 0 Å². The van der Waals surface area contributed by atoms with Gasteiger partial charge in [-0.05, 0) is 10.4 Å². The minimum Gasteiger partial charge on any atom is -0.261 e. The molecule has 37 heavy (non-hydrogen) atoms. The van der Waals surface area contributed by atoms with Gasteiger partial charge in [0.15, 0.2) is 0 Å². The largest absolute Gasteiger partial charge is 0.261 e. The lowest BCUT2D eigenvalue weighted by Crippen LogP contribution is -2.77. The zero-order valence-corrected chi connectivity index (χ0v) is 21.1. The van der Waals surface area contributed by atoms with Crippen LogP contribution in [0.4, 0.5) is 0 Å². The molecule has 2 heterocycles. The molecule has 4 aromatic carbocycles. The Morgan fingerprint density at radius 2 is 0.676 bits per heavy atom. The molecule has 0 spiro atoms. The van der Waals surface area contributed by atoms with Crippen LogP contribution in [0.5, 0.6) is 0 Å². The first kappa shape index (κ1) is 22.7. The highest BCUT2D eigenvalue weighted by Gasteiger charge is 2.48. The monoisotopic (exact) mass is 492 g/mol. The normalized spacial score (nSPS) is 11.2. The average molecular weight is 493 g/mol. The van der Waals surface area contributed by atoms with Crippen LogP contribution >= 0.6 is 0 Å². The van der Waals surface area contributed by atoms with Crippen molar-refractivity contribution in [3.8, 4) is 22.5 Å². The Morgan fingerprint density at radius 1 is 0.351 bits per heavy atom. The minimum absolute atomic E-state index is 0.868. The van der Waals surface area contributed by atoms with Crippen LogP contribution in [0.1, 0.15) is 0 Å². The van der Waals surface area contributed by atoms with Gasteiger partial charge in [-0.2, -0.15) is 0 Å². The van der Waals surface area contributed by atoms with E-state index >= 15 is 0 Å². The molecule has 0 radical (unpaired) electrons. The SMILES string of the molecule is c1ccc(-c2nccnc2[Si](c2ccccc2)(c2ccccc2)c2nccnc2-c2ccccc2)cc1. The molecule has 0 atom stereocenters. The van der Waals surface area contributed by atoms with E-state index in [2.05, 4.69) is 84.9 Å². The van der Waals surface area contributed by atoms with Gasteiger partial charge in [0.05, 0.1) is 22.0 Å². The van der Waals surface area contributed by atoms with E-state index in [4.69, 9.17) is 19.9 Å². The highest BCUT2D eigenvalue weighted by molar-refractivity contribution is 7.20. The summed E-state index contributed by atoms with van der Waals surface area (Å²) in [5, 5.41) is 4.24. The van der Waals surface area contributed by atoms with Crippen molar-refractivity contribution in [2.75, 3.05) is 0 Å². The Bertz CT molecular complexity index is 1480. The summed E-state index contributed by atoms with van der Waals surface area (Å²) in [7, 11) is -3.10. The Kier molecular flexibility index (Phi) is 6.19. The van der Waals surface area contributed by atoms with Gasteiger partial charge in [-0.3, -0.25) is 19.9 Å². The lowest BCUT2D eigenvalue weighted by molar-refractivity contribution is 1.22. The number of nitrogens with zero attached hydrogens (tertiary/aromatic N) is 4. The molecule has 0 amide bonds. The van der Waals surface area contributed by atoms with Crippen molar-refractivity contribution < 1.29 is 0 Å². The van der Waals surface area contributed by atoms with Gasteiger partial charge in [-0.15, -0.1) is 0 Å². The van der Waals surface area contributed by atoms with Crippen molar-refractivity contribution in [3.63, 3.8) is 0 Å². The summed E-state index contributed by atoms with van der Waals surface area (Å²) >= 11 is 0. The summed E-state index contributed by atoms with van der Waals surface area (Å²) in [4.78, 5) is 20.1. The first-order valence-electron chi connectivity index (χ1n) is 12.2. The van der Waals surface area contributed by atoms with Gasteiger partial charge < -0.3 is 0 Å². The fraction of sp³-hybridized carbons (Fsp3) is 0. The molecule has 4 nitrogen and oxygen atoms in total. The number of hydrogen-bond acceptors (Lipinski definition) is 4. The van der Waals surface area contributed by atoms with Crippen molar-refractivity contribution in [3.05, 3.63) is 146 Å². The van der Waals surface area contributed by atoms with E-state index in [0.29, 0.717) is 0 Å². The third kappa shape index (κ3) is 4.05. The molecule has 176 valence electrons. The van der Waals surface area contributed by atoms with Gasteiger partial charge in [0.1, 0.15) is 0 Å². The Hall–Kier alpha value is -4.74. The molecule has 0 unspecified atom stereocenters. The summed E-state index contributed by atoms with van der Waals surface area (Å²) in [6, 6.07) is 41.9. The standard InChI is InChI=1S/C32H24N4Si/c1-5-13-25(14-6-1)29-31(35-23-21-33-29)37(27-17-9-3-10-18-27,28-19-11-4-12-20-28)32-30(34-22-24-36-32)26-15-7-2-8-16-26/h1-24H. The maximum absolute atomic E-state index is 5.12. The molecule has 0 N–H and O–H groups in total. The van der Waals surface area contributed by atoms with Crippen LogP contribution < -0.4 is 21.0 Å². The Morgan fingerprint density at radius 3 is 1.05 bits per heavy atom. The van der Waals surface area contributed by atoms with E-state index < -0.39 is 8.07 Å². The summed E-state index contributed by atoms with van der Waals surface area (Å²) in [5.41, 5.74) is 3.79. The van der Waals surface area contributed by atoms with Crippen molar-refractivity contribution in [2.45, 2.75) is 0 Å². The van der Waals surface area contributed by atoms with Gasteiger partial charge in [0, 0.05) is 35.9 Å². The summed E-state index contributed by atoms with van der Waals surface area (Å²) in [5.74, 6) is 0. The molecule has 0 aliphatic rings.